The quantitative estimate of drug-likeness (QED) is 0.883. The van der Waals surface area contributed by atoms with Crippen LogP contribution in [0.5, 0.6) is 0 Å². The molecule has 0 aliphatic heterocycles. The summed E-state index contributed by atoms with van der Waals surface area (Å²) in [5, 5.41) is 4.85. The van der Waals surface area contributed by atoms with Crippen LogP contribution in [0.2, 0.25) is 0 Å². The zero-order chi connectivity index (χ0) is 13.2. The number of rotatable bonds is 5. The Morgan fingerprint density at radius 3 is 2.63 bits per heavy atom. The highest BCUT2D eigenvalue weighted by Crippen LogP contribution is 2.44. The first-order chi connectivity index (χ1) is 9.24. The van der Waals surface area contributed by atoms with E-state index in [1.54, 1.807) is 0 Å². The Labute approximate surface area is 118 Å². The minimum absolute atomic E-state index is 0.509. The van der Waals surface area contributed by atoms with E-state index in [0.717, 1.165) is 12.5 Å². The average molecular weight is 272 g/mol. The standard InChI is InChI=1S/C16H20N2S/c1-11(2)17-10-14-15(12-6-4-3-5-7-12)18-16(19-14)13-8-9-13/h3-7,11,13,17H,8-10H2,1-2H3. The van der Waals surface area contributed by atoms with Gasteiger partial charge in [-0.05, 0) is 12.8 Å². The monoisotopic (exact) mass is 272 g/mol. The predicted octanol–water partition coefficient (Wildman–Crippen LogP) is 4.19. The third-order valence-electron chi connectivity index (χ3n) is 3.36. The molecule has 2 nitrogen and oxygen atoms in total. The first-order valence-corrected chi connectivity index (χ1v) is 7.84. The third kappa shape index (κ3) is 3.04. The van der Waals surface area contributed by atoms with Crippen LogP contribution in [0.25, 0.3) is 11.3 Å². The van der Waals surface area contributed by atoms with E-state index < -0.39 is 0 Å². The van der Waals surface area contributed by atoms with Crippen LogP contribution >= 0.6 is 11.3 Å². The van der Waals surface area contributed by atoms with Gasteiger partial charge in [-0.3, -0.25) is 0 Å². The predicted molar refractivity (Wildman–Crippen MR) is 81.5 cm³/mol. The molecule has 2 aromatic rings. The summed E-state index contributed by atoms with van der Waals surface area (Å²) in [7, 11) is 0. The molecule has 3 heteroatoms. The van der Waals surface area contributed by atoms with Gasteiger partial charge in [0.1, 0.15) is 0 Å². The lowest BCUT2D eigenvalue weighted by Crippen LogP contribution is -2.21. The molecule has 1 saturated carbocycles. The Balaban J connectivity index is 1.91. The van der Waals surface area contributed by atoms with Crippen molar-refractivity contribution < 1.29 is 0 Å². The Hall–Kier alpha value is -1.19. The van der Waals surface area contributed by atoms with Crippen molar-refractivity contribution in [1.82, 2.24) is 10.3 Å². The van der Waals surface area contributed by atoms with Gasteiger partial charge in [0.2, 0.25) is 0 Å². The summed E-state index contributed by atoms with van der Waals surface area (Å²) in [6, 6.07) is 11.1. The fourth-order valence-electron chi connectivity index (χ4n) is 2.11. The van der Waals surface area contributed by atoms with Gasteiger partial charge in [0.15, 0.2) is 0 Å². The first kappa shape index (κ1) is 12.8. The minimum atomic E-state index is 0.509. The summed E-state index contributed by atoms with van der Waals surface area (Å²) < 4.78 is 0. The summed E-state index contributed by atoms with van der Waals surface area (Å²) >= 11 is 1.89. The zero-order valence-electron chi connectivity index (χ0n) is 11.5. The molecule has 0 spiro atoms. The number of nitrogens with zero attached hydrogens (tertiary/aromatic N) is 1. The van der Waals surface area contributed by atoms with Crippen molar-refractivity contribution in [2.24, 2.45) is 0 Å². The lowest BCUT2D eigenvalue weighted by atomic mass is 10.1. The summed E-state index contributed by atoms with van der Waals surface area (Å²) in [6.07, 6.45) is 2.64. The van der Waals surface area contributed by atoms with Gasteiger partial charge in [-0.25, -0.2) is 4.98 Å². The maximum Gasteiger partial charge on any atom is 0.0966 e. The average Bonchev–Trinajstić information content (AvgIpc) is 3.18. The van der Waals surface area contributed by atoms with Gasteiger partial charge in [-0.2, -0.15) is 0 Å². The largest absolute Gasteiger partial charge is 0.310 e. The Bertz CT molecular complexity index is 541. The second-order valence-electron chi connectivity index (χ2n) is 5.50. The fourth-order valence-corrected chi connectivity index (χ4v) is 3.32. The molecule has 1 fully saturated rings. The molecule has 100 valence electrons. The van der Waals surface area contributed by atoms with Gasteiger partial charge in [0.25, 0.3) is 0 Å². The Morgan fingerprint density at radius 1 is 1.26 bits per heavy atom. The molecule has 1 heterocycles. The maximum atomic E-state index is 4.90. The molecule has 0 amide bonds. The molecule has 0 saturated heterocycles. The van der Waals surface area contributed by atoms with Crippen LogP contribution in [0, 0.1) is 0 Å². The maximum absolute atomic E-state index is 4.90. The molecular weight excluding hydrogens is 252 g/mol. The van der Waals surface area contributed by atoms with Crippen LogP contribution in [0.15, 0.2) is 30.3 Å². The molecule has 19 heavy (non-hydrogen) atoms. The van der Waals surface area contributed by atoms with E-state index in [1.165, 1.54) is 34.0 Å². The van der Waals surface area contributed by atoms with E-state index in [0.29, 0.717) is 6.04 Å². The molecule has 0 radical (unpaired) electrons. The molecule has 1 aliphatic rings. The van der Waals surface area contributed by atoms with Crippen LogP contribution in [-0.4, -0.2) is 11.0 Å². The van der Waals surface area contributed by atoms with Gasteiger partial charge in [0, 0.05) is 28.9 Å². The molecule has 1 N–H and O–H groups in total. The zero-order valence-corrected chi connectivity index (χ0v) is 12.3. The van der Waals surface area contributed by atoms with Gasteiger partial charge in [-0.15, -0.1) is 11.3 Å². The second kappa shape index (κ2) is 5.43. The van der Waals surface area contributed by atoms with Crippen molar-refractivity contribution in [3.63, 3.8) is 0 Å². The van der Waals surface area contributed by atoms with E-state index >= 15 is 0 Å². The third-order valence-corrected chi connectivity index (χ3v) is 4.58. The lowest BCUT2D eigenvalue weighted by Gasteiger charge is -2.07. The van der Waals surface area contributed by atoms with Crippen molar-refractivity contribution in [3.8, 4) is 11.3 Å². The summed E-state index contributed by atoms with van der Waals surface area (Å²) in [4.78, 5) is 6.28. The number of nitrogens with one attached hydrogen (secondary N) is 1. The number of hydrogen-bond donors (Lipinski definition) is 1. The van der Waals surface area contributed by atoms with Crippen molar-refractivity contribution in [3.05, 3.63) is 40.2 Å². The van der Waals surface area contributed by atoms with E-state index in [-0.39, 0.29) is 0 Å². The van der Waals surface area contributed by atoms with E-state index in [1.807, 2.05) is 11.3 Å². The molecule has 0 bridgehead atoms. The van der Waals surface area contributed by atoms with Crippen molar-refractivity contribution in [2.75, 3.05) is 0 Å². The molecule has 0 atom stereocenters. The van der Waals surface area contributed by atoms with E-state index in [2.05, 4.69) is 49.5 Å². The molecule has 1 aromatic carbocycles. The molecular formula is C16H20N2S. The second-order valence-corrected chi connectivity index (χ2v) is 6.61. The molecule has 0 unspecified atom stereocenters. The SMILES string of the molecule is CC(C)NCc1sc(C2CC2)nc1-c1ccccc1. The number of thiazole rings is 1. The van der Waals surface area contributed by atoms with E-state index in [9.17, 15) is 0 Å². The molecule has 1 aliphatic carbocycles. The van der Waals surface area contributed by atoms with Crippen molar-refractivity contribution in [2.45, 2.75) is 45.2 Å². The molecule has 1 aromatic heterocycles. The van der Waals surface area contributed by atoms with Gasteiger partial charge in [0.05, 0.1) is 10.7 Å². The van der Waals surface area contributed by atoms with Crippen LogP contribution in [0.4, 0.5) is 0 Å². The van der Waals surface area contributed by atoms with Crippen molar-refractivity contribution in [1.29, 1.82) is 0 Å². The summed E-state index contributed by atoms with van der Waals surface area (Å²) in [6.45, 7) is 5.29. The fraction of sp³-hybridized carbons (Fsp3) is 0.438. The van der Waals surface area contributed by atoms with Gasteiger partial charge < -0.3 is 5.32 Å². The van der Waals surface area contributed by atoms with Crippen LogP contribution in [-0.2, 0) is 6.54 Å². The smallest absolute Gasteiger partial charge is 0.0966 e. The number of hydrogen-bond acceptors (Lipinski definition) is 3. The lowest BCUT2D eigenvalue weighted by molar-refractivity contribution is 0.593. The summed E-state index contributed by atoms with van der Waals surface area (Å²) in [5.41, 5.74) is 2.42. The highest BCUT2D eigenvalue weighted by molar-refractivity contribution is 7.12. The Kier molecular flexibility index (Phi) is 3.67. The first-order valence-electron chi connectivity index (χ1n) is 7.02. The van der Waals surface area contributed by atoms with Crippen LogP contribution in [0.3, 0.4) is 0 Å². The summed E-state index contributed by atoms with van der Waals surface area (Å²) in [5.74, 6) is 0.736. The normalized spacial score (nSPS) is 15.1. The topological polar surface area (TPSA) is 24.9 Å². The highest BCUT2D eigenvalue weighted by Gasteiger charge is 2.28. The molecule has 3 rings (SSSR count). The number of benzene rings is 1. The number of aromatic nitrogens is 1. The van der Waals surface area contributed by atoms with Crippen molar-refractivity contribution >= 4 is 11.3 Å². The van der Waals surface area contributed by atoms with Crippen LogP contribution in [0.1, 0.15) is 42.5 Å². The van der Waals surface area contributed by atoms with Gasteiger partial charge >= 0.3 is 0 Å². The Morgan fingerprint density at radius 2 is 2.00 bits per heavy atom. The van der Waals surface area contributed by atoms with Crippen LogP contribution < -0.4 is 5.32 Å². The highest BCUT2D eigenvalue weighted by atomic mass is 32.1. The van der Waals surface area contributed by atoms with E-state index in [4.69, 9.17) is 4.98 Å². The minimum Gasteiger partial charge on any atom is -0.310 e. The van der Waals surface area contributed by atoms with Gasteiger partial charge in [-0.1, -0.05) is 44.2 Å².